The van der Waals surface area contributed by atoms with E-state index in [1.54, 1.807) is 12.1 Å². The Labute approximate surface area is 142 Å². The monoisotopic (exact) mass is 357 g/mol. The zero-order valence-corrected chi connectivity index (χ0v) is 13.6. The molecule has 1 aliphatic heterocycles. The van der Waals surface area contributed by atoms with Crippen LogP contribution in [0.2, 0.25) is 10.3 Å². The number of aromatic nitrogens is 2. The van der Waals surface area contributed by atoms with Gasteiger partial charge in [0.1, 0.15) is 22.6 Å². The number of ether oxygens (including phenoxy) is 2. The lowest BCUT2D eigenvalue weighted by atomic mass is 10.1. The summed E-state index contributed by atoms with van der Waals surface area (Å²) in [4.78, 5) is 7.73. The van der Waals surface area contributed by atoms with Gasteiger partial charge in [-0.25, -0.2) is 9.37 Å². The molecule has 0 radical (unpaired) electrons. The van der Waals surface area contributed by atoms with Crippen LogP contribution in [0.25, 0.3) is 0 Å². The number of rotatable bonds is 4. The SMILES string of the molecule is Fc1cccc(OC2CCOCC2)c1Nc1nc(Cl)ncc1Cl. The molecule has 1 aliphatic rings. The van der Waals surface area contributed by atoms with Gasteiger partial charge < -0.3 is 14.8 Å². The first kappa shape index (κ1) is 16.2. The second kappa shape index (κ2) is 7.29. The molecule has 1 fully saturated rings. The van der Waals surface area contributed by atoms with E-state index < -0.39 is 5.82 Å². The zero-order chi connectivity index (χ0) is 16.2. The molecule has 0 atom stereocenters. The van der Waals surface area contributed by atoms with E-state index in [0.717, 1.165) is 12.8 Å². The van der Waals surface area contributed by atoms with Crippen molar-refractivity contribution in [3.63, 3.8) is 0 Å². The summed E-state index contributed by atoms with van der Waals surface area (Å²) in [5, 5.41) is 3.09. The number of hydrogen-bond donors (Lipinski definition) is 1. The van der Waals surface area contributed by atoms with Crippen molar-refractivity contribution >= 4 is 34.7 Å². The second-order valence-corrected chi connectivity index (χ2v) is 5.75. The quantitative estimate of drug-likeness (QED) is 0.830. The fourth-order valence-corrected chi connectivity index (χ4v) is 2.52. The van der Waals surface area contributed by atoms with Crippen LogP contribution in [0.15, 0.2) is 24.4 Å². The van der Waals surface area contributed by atoms with E-state index in [9.17, 15) is 4.39 Å². The maximum Gasteiger partial charge on any atom is 0.224 e. The van der Waals surface area contributed by atoms with Crippen LogP contribution in [0.1, 0.15) is 12.8 Å². The van der Waals surface area contributed by atoms with Crippen molar-refractivity contribution in [1.29, 1.82) is 0 Å². The molecule has 3 rings (SSSR count). The third-order valence-electron chi connectivity index (χ3n) is 3.40. The largest absolute Gasteiger partial charge is 0.488 e. The Bertz CT molecular complexity index is 696. The van der Waals surface area contributed by atoms with E-state index in [4.69, 9.17) is 32.7 Å². The molecule has 0 amide bonds. The van der Waals surface area contributed by atoms with Crippen LogP contribution in [-0.2, 0) is 4.74 Å². The predicted molar refractivity (Wildman–Crippen MR) is 86.2 cm³/mol. The molecule has 8 heteroatoms. The van der Waals surface area contributed by atoms with Gasteiger partial charge in [-0.3, -0.25) is 0 Å². The fraction of sp³-hybridized carbons (Fsp3) is 0.333. The summed E-state index contributed by atoms with van der Waals surface area (Å²) in [6.45, 7) is 1.27. The summed E-state index contributed by atoms with van der Waals surface area (Å²) in [6, 6.07) is 4.61. The van der Waals surface area contributed by atoms with Gasteiger partial charge in [0.2, 0.25) is 5.28 Å². The van der Waals surface area contributed by atoms with Crippen LogP contribution in [0.5, 0.6) is 5.75 Å². The molecule has 1 saturated heterocycles. The van der Waals surface area contributed by atoms with Gasteiger partial charge in [0, 0.05) is 12.8 Å². The first-order valence-corrected chi connectivity index (χ1v) is 7.87. The number of nitrogens with zero attached hydrogens (tertiary/aromatic N) is 2. The van der Waals surface area contributed by atoms with E-state index in [1.807, 2.05) is 0 Å². The molecule has 2 heterocycles. The number of halogens is 3. The summed E-state index contributed by atoms with van der Waals surface area (Å²) < 4.78 is 25.4. The molecule has 0 aliphatic carbocycles. The lowest BCUT2D eigenvalue weighted by molar-refractivity contribution is 0.0258. The van der Waals surface area contributed by atoms with Gasteiger partial charge in [0.15, 0.2) is 11.6 Å². The van der Waals surface area contributed by atoms with Crippen molar-refractivity contribution in [2.75, 3.05) is 18.5 Å². The summed E-state index contributed by atoms with van der Waals surface area (Å²) in [5.41, 5.74) is 0.163. The number of hydrogen-bond acceptors (Lipinski definition) is 5. The Morgan fingerprint density at radius 3 is 2.83 bits per heavy atom. The maximum atomic E-state index is 14.2. The van der Waals surface area contributed by atoms with E-state index in [1.165, 1.54) is 12.3 Å². The van der Waals surface area contributed by atoms with Crippen molar-refractivity contribution in [3.05, 3.63) is 40.5 Å². The second-order valence-electron chi connectivity index (χ2n) is 5.00. The fourth-order valence-electron chi connectivity index (χ4n) is 2.25. The minimum atomic E-state index is -0.472. The Hall–Kier alpha value is -1.63. The Balaban J connectivity index is 1.87. The van der Waals surface area contributed by atoms with Crippen LogP contribution in [0, 0.1) is 5.82 Å². The molecule has 5 nitrogen and oxygen atoms in total. The van der Waals surface area contributed by atoms with Crippen molar-refractivity contribution < 1.29 is 13.9 Å². The molecule has 1 N–H and O–H groups in total. The average molecular weight is 358 g/mol. The minimum absolute atomic E-state index is 0.0140. The van der Waals surface area contributed by atoms with E-state index in [-0.39, 0.29) is 27.9 Å². The Morgan fingerprint density at radius 2 is 2.04 bits per heavy atom. The number of benzene rings is 1. The highest BCUT2D eigenvalue weighted by atomic mass is 35.5. The standard InChI is InChI=1S/C15H14Cl2FN3O2/c16-10-8-19-15(17)21-14(10)20-13-11(18)2-1-3-12(13)23-9-4-6-22-7-5-9/h1-3,8-9H,4-7H2,(H,19,20,21). The molecule has 0 spiro atoms. The molecule has 122 valence electrons. The Morgan fingerprint density at radius 1 is 1.26 bits per heavy atom. The number of para-hydroxylation sites is 1. The molecule has 0 bridgehead atoms. The maximum absolute atomic E-state index is 14.2. The summed E-state index contributed by atoms with van der Waals surface area (Å²) in [6.07, 6.45) is 2.85. The third kappa shape index (κ3) is 4.02. The summed E-state index contributed by atoms with van der Waals surface area (Å²) in [5.74, 6) is 0.136. The van der Waals surface area contributed by atoms with Gasteiger partial charge in [-0.15, -0.1) is 0 Å². The zero-order valence-electron chi connectivity index (χ0n) is 12.1. The van der Waals surface area contributed by atoms with Crippen molar-refractivity contribution in [2.45, 2.75) is 18.9 Å². The lowest BCUT2D eigenvalue weighted by Gasteiger charge is -2.24. The lowest BCUT2D eigenvalue weighted by Crippen LogP contribution is -2.26. The van der Waals surface area contributed by atoms with Crippen LogP contribution >= 0.6 is 23.2 Å². The average Bonchev–Trinajstić information content (AvgIpc) is 2.55. The molecule has 1 aromatic carbocycles. The van der Waals surface area contributed by atoms with Crippen LogP contribution in [-0.4, -0.2) is 29.3 Å². The third-order valence-corrected chi connectivity index (χ3v) is 3.85. The highest BCUT2D eigenvalue weighted by molar-refractivity contribution is 6.33. The topological polar surface area (TPSA) is 56.3 Å². The molecular formula is C15H14Cl2FN3O2. The highest BCUT2D eigenvalue weighted by Gasteiger charge is 2.19. The smallest absolute Gasteiger partial charge is 0.224 e. The summed E-state index contributed by atoms with van der Waals surface area (Å²) in [7, 11) is 0. The van der Waals surface area contributed by atoms with Gasteiger partial charge in [-0.2, -0.15) is 4.98 Å². The number of anilines is 2. The van der Waals surface area contributed by atoms with Crippen molar-refractivity contribution in [2.24, 2.45) is 0 Å². The van der Waals surface area contributed by atoms with E-state index >= 15 is 0 Å². The van der Waals surface area contributed by atoms with Gasteiger partial charge in [-0.1, -0.05) is 17.7 Å². The minimum Gasteiger partial charge on any atom is -0.488 e. The number of nitrogens with one attached hydrogen (secondary N) is 1. The molecule has 1 aromatic heterocycles. The van der Waals surface area contributed by atoms with Crippen LogP contribution in [0.4, 0.5) is 15.9 Å². The molecule has 23 heavy (non-hydrogen) atoms. The molecular weight excluding hydrogens is 344 g/mol. The first-order chi connectivity index (χ1) is 11.1. The highest BCUT2D eigenvalue weighted by Crippen LogP contribution is 2.34. The van der Waals surface area contributed by atoms with Crippen molar-refractivity contribution in [1.82, 2.24) is 9.97 Å². The Kier molecular flexibility index (Phi) is 5.15. The van der Waals surface area contributed by atoms with E-state index in [0.29, 0.717) is 19.0 Å². The predicted octanol–water partition coefficient (Wildman–Crippen LogP) is 4.22. The first-order valence-electron chi connectivity index (χ1n) is 7.11. The van der Waals surface area contributed by atoms with Gasteiger partial charge in [0.25, 0.3) is 0 Å². The molecule has 0 saturated carbocycles. The summed E-state index contributed by atoms with van der Waals surface area (Å²) >= 11 is 11.8. The van der Waals surface area contributed by atoms with E-state index in [2.05, 4.69) is 15.3 Å². The normalized spacial score (nSPS) is 15.4. The van der Waals surface area contributed by atoms with Gasteiger partial charge >= 0.3 is 0 Å². The van der Waals surface area contributed by atoms with Gasteiger partial charge in [0.05, 0.1) is 19.4 Å². The van der Waals surface area contributed by atoms with Crippen LogP contribution < -0.4 is 10.1 Å². The molecule has 0 unspecified atom stereocenters. The molecule has 2 aromatic rings. The van der Waals surface area contributed by atoms with Crippen molar-refractivity contribution in [3.8, 4) is 5.75 Å². The van der Waals surface area contributed by atoms with Gasteiger partial charge in [-0.05, 0) is 23.7 Å². The van der Waals surface area contributed by atoms with Crippen LogP contribution in [0.3, 0.4) is 0 Å².